The predicted molar refractivity (Wildman–Crippen MR) is 80.3 cm³/mol. The Hall–Kier alpha value is -2.36. The van der Waals surface area contributed by atoms with Crippen molar-refractivity contribution in [2.45, 2.75) is 13.1 Å². The summed E-state index contributed by atoms with van der Waals surface area (Å²) in [6.07, 6.45) is 0. The van der Waals surface area contributed by atoms with Gasteiger partial charge in [-0.25, -0.2) is 0 Å². The van der Waals surface area contributed by atoms with Crippen LogP contribution < -0.4 is 20.1 Å². The first kappa shape index (κ1) is 12.7. The van der Waals surface area contributed by atoms with Crippen LogP contribution in [0.1, 0.15) is 11.1 Å². The van der Waals surface area contributed by atoms with Gasteiger partial charge in [0.1, 0.15) is 11.5 Å². The summed E-state index contributed by atoms with van der Waals surface area (Å²) in [7, 11) is 3.36. The van der Waals surface area contributed by atoms with E-state index >= 15 is 0 Å². The van der Waals surface area contributed by atoms with E-state index < -0.39 is 0 Å². The fourth-order valence-electron chi connectivity index (χ4n) is 2.63. The van der Waals surface area contributed by atoms with Crippen molar-refractivity contribution in [2.24, 2.45) is 0 Å². The minimum atomic E-state index is 0.809. The van der Waals surface area contributed by atoms with Crippen LogP contribution in [0.15, 0.2) is 36.4 Å². The minimum absolute atomic E-state index is 0.809. The van der Waals surface area contributed by atoms with Gasteiger partial charge in [-0.05, 0) is 35.4 Å². The number of hydrogen-bond donors (Lipinski definition) is 1. The number of ether oxygens (including phenoxy) is 2. The molecule has 1 heterocycles. The molecule has 20 heavy (non-hydrogen) atoms. The van der Waals surface area contributed by atoms with Gasteiger partial charge in [-0.2, -0.15) is 0 Å². The molecular formula is C16H18N2O2. The van der Waals surface area contributed by atoms with Crippen LogP contribution in [0, 0.1) is 0 Å². The molecule has 2 N–H and O–H groups in total. The Morgan fingerprint density at radius 1 is 0.950 bits per heavy atom. The largest absolute Gasteiger partial charge is 0.497 e. The Kier molecular flexibility index (Phi) is 3.14. The normalized spacial score (nSPS) is 13.2. The lowest BCUT2D eigenvalue weighted by atomic mass is 10.1. The summed E-state index contributed by atoms with van der Waals surface area (Å²) < 4.78 is 10.8. The lowest BCUT2D eigenvalue weighted by Crippen LogP contribution is -2.15. The molecule has 0 aliphatic carbocycles. The molecule has 4 heteroatoms. The molecule has 104 valence electrons. The highest BCUT2D eigenvalue weighted by molar-refractivity contribution is 5.64. The molecule has 1 aliphatic heterocycles. The van der Waals surface area contributed by atoms with Crippen molar-refractivity contribution in [2.75, 3.05) is 24.9 Å². The monoisotopic (exact) mass is 270 g/mol. The molecule has 0 saturated heterocycles. The number of nitrogens with two attached hydrogens (primary N) is 1. The van der Waals surface area contributed by atoms with Gasteiger partial charge < -0.3 is 20.1 Å². The van der Waals surface area contributed by atoms with Crippen molar-refractivity contribution in [3.63, 3.8) is 0 Å². The van der Waals surface area contributed by atoms with E-state index in [1.165, 1.54) is 11.1 Å². The van der Waals surface area contributed by atoms with Crippen LogP contribution in [0.2, 0.25) is 0 Å². The van der Waals surface area contributed by atoms with E-state index in [0.29, 0.717) is 0 Å². The van der Waals surface area contributed by atoms with Gasteiger partial charge >= 0.3 is 0 Å². The summed E-state index contributed by atoms with van der Waals surface area (Å²) in [5.74, 6) is 1.68. The predicted octanol–water partition coefficient (Wildman–Crippen LogP) is 2.81. The molecule has 0 unspecified atom stereocenters. The third-order valence-electron chi connectivity index (χ3n) is 3.68. The summed E-state index contributed by atoms with van der Waals surface area (Å²) in [4.78, 5) is 2.27. The highest BCUT2D eigenvalue weighted by Crippen LogP contribution is 2.37. The van der Waals surface area contributed by atoms with Crippen molar-refractivity contribution in [1.29, 1.82) is 0 Å². The van der Waals surface area contributed by atoms with Gasteiger partial charge in [0.2, 0.25) is 0 Å². The second kappa shape index (κ2) is 4.96. The topological polar surface area (TPSA) is 47.7 Å². The lowest BCUT2D eigenvalue weighted by Gasteiger charge is -2.21. The van der Waals surface area contributed by atoms with E-state index in [1.54, 1.807) is 14.2 Å². The number of rotatable bonds is 3. The zero-order valence-electron chi connectivity index (χ0n) is 11.7. The Morgan fingerprint density at radius 2 is 1.75 bits per heavy atom. The number of benzene rings is 2. The zero-order valence-corrected chi connectivity index (χ0v) is 11.7. The lowest BCUT2D eigenvalue weighted by molar-refractivity contribution is 0.403. The maximum atomic E-state index is 5.85. The Labute approximate surface area is 118 Å². The molecule has 0 amide bonds. The van der Waals surface area contributed by atoms with Gasteiger partial charge in [0, 0.05) is 24.8 Å². The van der Waals surface area contributed by atoms with E-state index in [0.717, 1.165) is 36.0 Å². The van der Waals surface area contributed by atoms with Crippen LogP contribution >= 0.6 is 0 Å². The van der Waals surface area contributed by atoms with E-state index in [2.05, 4.69) is 11.0 Å². The molecule has 2 aromatic rings. The molecule has 3 rings (SSSR count). The number of fused-ring (bicyclic) bond motifs is 1. The van der Waals surface area contributed by atoms with E-state index in [1.807, 2.05) is 30.3 Å². The van der Waals surface area contributed by atoms with Gasteiger partial charge in [-0.1, -0.05) is 6.07 Å². The van der Waals surface area contributed by atoms with Gasteiger partial charge in [0.05, 0.1) is 19.9 Å². The molecule has 2 aromatic carbocycles. The van der Waals surface area contributed by atoms with Crippen LogP contribution in [0.5, 0.6) is 11.5 Å². The van der Waals surface area contributed by atoms with Gasteiger partial charge in [-0.3, -0.25) is 0 Å². The maximum Gasteiger partial charge on any atom is 0.142 e. The van der Waals surface area contributed by atoms with Crippen LogP contribution in [0.3, 0.4) is 0 Å². The maximum absolute atomic E-state index is 5.85. The summed E-state index contributed by atoms with van der Waals surface area (Å²) in [6, 6.07) is 11.9. The summed E-state index contributed by atoms with van der Waals surface area (Å²) in [5, 5.41) is 0. The molecular weight excluding hydrogens is 252 g/mol. The molecule has 0 saturated carbocycles. The van der Waals surface area contributed by atoms with Gasteiger partial charge in [-0.15, -0.1) is 0 Å². The van der Waals surface area contributed by atoms with Crippen molar-refractivity contribution in [3.05, 3.63) is 47.5 Å². The Bertz CT molecular complexity index is 640. The Morgan fingerprint density at radius 3 is 2.50 bits per heavy atom. The molecule has 0 bridgehead atoms. The van der Waals surface area contributed by atoms with Crippen LogP contribution in [0.4, 0.5) is 11.4 Å². The average Bonchev–Trinajstić information content (AvgIpc) is 2.89. The van der Waals surface area contributed by atoms with E-state index in [-0.39, 0.29) is 0 Å². The van der Waals surface area contributed by atoms with Gasteiger partial charge in [0.25, 0.3) is 0 Å². The molecule has 0 radical (unpaired) electrons. The fraction of sp³-hybridized carbons (Fsp3) is 0.250. The SMILES string of the molecule is COc1ccc(OC)c(N2Cc3ccc(N)cc3C2)c1. The van der Waals surface area contributed by atoms with Crippen LogP contribution in [-0.2, 0) is 13.1 Å². The smallest absolute Gasteiger partial charge is 0.142 e. The second-order valence-corrected chi connectivity index (χ2v) is 4.92. The second-order valence-electron chi connectivity index (χ2n) is 4.92. The first-order valence-corrected chi connectivity index (χ1v) is 6.55. The number of nitrogen functional groups attached to an aromatic ring is 1. The first-order chi connectivity index (χ1) is 9.71. The van der Waals surface area contributed by atoms with Crippen molar-refractivity contribution in [1.82, 2.24) is 0 Å². The van der Waals surface area contributed by atoms with Crippen LogP contribution in [-0.4, -0.2) is 14.2 Å². The standard InChI is InChI=1S/C16H18N2O2/c1-19-14-5-6-16(20-2)15(8-14)18-9-11-3-4-13(17)7-12(11)10-18/h3-8H,9-10,17H2,1-2H3. The minimum Gasteiger partial charge on any atom is -0.497 e. The average molecular weight is 270 g/mol. The van der Waals surface area contributed by atoms with Crippen molar-refractivity contribution >= 4 is 11.4 Å². The van der Waals surface area contributed by atoms with E-state index in [9.17, 15) is 0 Å². The van der Waals surface area contributed by atoms with Crippen molar-refractivity contribution in [3.8, 4) is 11.5 Å². The third kappa shape index (κ3) is 2.13. The molecule has 0 atom stereocenters. The molecule has 0 fully saturated rings. The number of anilines is 2. The highest BCUT2D eigenvalue weighted by Gasteiger charge is 2.22. The molecule has 0 aromatic heterocycles. The fourth-order valence-corrected chi connectivity index (χ4v) is 2.63. The Balaban J connectivity index is 1.95. The summed E-state index contributed by atoms with van der Waals surface area (Å²) in [5.41, 5.74) is 10.3. The number of hydrogen-bond acceptors (Lipinski definition) is 4. The van der Waals surface area contributed by atoms with Crippen molar-refractivity contribution < 1.29 is 9.47 Å². The molecule has 1 aliphatic rings. The molecule has 0 spiro atoms. The summed E-state index contributed by atoms with van der Waals surface area (Å²) in [6.45, 7) is 1.70. The third-order valence-corrected chi connectivity index (χ3v) is 3.68. The van der Waals surface area contributed by atoms with Gasteiger partial charge in [0.15, 0.2) is 0 Å². The number of methoxy groups -OCH3 is 2. The zero-order chi connectivity index (χ0) is 14.1. The van der Waals surface area contributed by atoms with Crippen LogP contribution in [0.25, 0.3) is 0 Å². The number of nitrogens with zero attached hydrogens (tertiary/aromatic N) is 1. The van der Waals surface area contributed by atoms with E-state index in [4.69, 9.17) is 15.2 Å². The molecule has 4 nitrogen and oxygen atoms in total. The quantitative estimate of drug-likeness (QED) is 0.871. The highest BCUT2D eigenvalue weighted by atomic mass is 16.5. The first-order valence-electron chi connectivity index (χ1n) is 6.55. The summed E-state index contributed by atoms with van der Waals surface area (Å²) >= 11 is 0.